The predicted octanol–water partition coefficient (Wildman–Crippen LogP) is 7.74. The molecule has 4 fully saturated rings. The molecule has 3 saturated carbocycles. The number of halogens is 2. The average molecular weight is 604 g/mol. The highest BCUT2D eigenvalue weighted by Crippen LogP contribution is 2.55. The molecule has 43 heavy (non-hydrogen) atoms. The molecule has 2 heterocycles. The normalized spacial score (nSPS) is 22.9. The van der Waals surface area contributed by atoms with Gasteiger partial charge in [-0.1, -0.05) is 36.9 Å². The average Bonchev–Trinajstić information content (AvgIpc) is 3.60. The van der Waals surface area contributed by atoms with Crippen LogP contribution in [0.2, 0.25) is 5.02 Å². The highest BCUT2D eigenvalue weighted by molar-refractivity contribution is 6.31. The number of amides is 1. The predicted molar refractivity (Wildman–Crippen MR) is 168 cm³/mol. The highest BCUT2D eigenvalue weighted by atomic mass is 35.5. The fourth-order valence-corrected chi connectivity index (χ4v) is 7.83. The number of hydrogen-bond donors (Lipinski definition) is 2. The summed E-state index contributed by atoms with van der Waals surface area (Å²) in [6.45, 7) is 3.64. The molecule has 1 aliphatic heterocycles. The first-order valence-electron chi connectivity index (χ1n) is 15.8. The number of carbonyl (C=O) groups excluding carboxylic acids is 1. The molecule has 1 spiro atoms. The molecule has 9 heteroatoms. The molecule has 1 amide bonds. The molecule has 2 N–H and O–H groups in total. The number of fused-ring (bicyclic) bond motifs is 2. The van der Waals surface area contributed by atoms with E-state index in [0.717, 1.165) is 37.9 Å². The van der Waals surface area contributed by atoms with Crippen LogP contribution in [0.25, 0.3) is 10.9 Å². The molecular weight excluding hydrogens is 565 g/mol. The van der Waals surface area contributed by atoms with Gasteiger partial charge in [0.15, 0.2) is 0 Å². The summed E-state index contributed by atoms with van der Waals surface area (Å²) >= 11 is 6.00. The molecule has 1 saturated heterocycles. The topological polar surface area (TPSA) is 79.4 Å². The lowest BCUT2D eigenvalue weighted by Crippen LogP contribution is -2.39. The quantitative estimate of drug-likeness (QED) is 0.231. The van der Waals surface area contributed by atoms with E-state index < -0.39 is 5.82 Å². The third-order valence-corrected chi connectivity index (χ3v) is 10.3. The third-order valence-electron chi connectivity index (χ3n) is 10.0. The van der Waals surface area contributed by atoms with E-state index in [1.54, 1.807) is 12.1 Å². The maximum atomic E-state index is 13.7. The molecule has 2 unspecified atom stereocenters. The summed E-state index contributed by atoms with van der Waals surface area (Å²) < 4.78 is 20.1. The number of likely N-dealkylation sites (tertiary alicyclic amines) is 1. The van der Waals surface area contributed by atoms with Crippen LogP contribution in [0.5, 0.6) is 5.75 Å². The van der Waals surface area contributed by atoms with Crippen LogP contribution in [0.1, 0.15) is 57.8 Å². The lowest BCUT2D eigenvalue weighted by atomic mass is 9.55. The molecule has 226 valence electrons. The van der Waals surface area contributed by atoms with Crippen molar-refractivity contribution < 1.29 is 13.9 Å². The number of piperidine rings is 1. The number of ether oxygens (including phenoxy) is 1. The number of aromatic nitrogens is 2. The number of nitrogens with zero attached hydrogens (tertiary/aromatic N) is 3. The van der Waals surface area contributed by atoms with Crippen molar-refractivity contribution in [2.45, 2.75) is 57.8 Å². The molecule has 4 aliphatic rings. The van der Waals surface area contributed by atoms with Gasteiger partial charge in [-0.25, -0.2) is 14.4 Å². The number of benzene rings is 2. The lowest BCUT2D eigenvalue weighted by molar-refractivity contribution is -0.111. The highest BCUT2D eigenvalue weighted by Gasteiger charge is 2.45. The minimum Gasteiger partial charge on any atom is -0.491 e. The van der Waals surface area contributed by atoms with E-state index in [1.165, 1.54) is 69.8 Å². The summed E-state index contributed by atoms with van der Waals surface area (Å²) in [5, 5.41) is 6.97. The summed E-state index contributed by atoms with van der Waals surface area (Å²) in [6.07, 6.45) is 16.9. The van der Waals surface area contributed by atoms with Crippen molar-refractivity contribution in [2.24, 2.45) is 23.2 Å². The SMILES string of the molecule is O=C(C=CCN1CC2CC2C1)Nc1cc2c(Nc3ccc(F)c(Cl)c3)ncnc2cc1OCCC1CC2(CCCCC2)C1. The molecule has 0 radical (unpaired) electrons. The van der Waals surface area contributed by atoms with E-state index in [1.807, 2.05) is 18.2 Å². The molecule has 0 bridgehead atoms. The van der Waals surface area contributed by atoms with Crippen LogP contribution in [0.3, 0.4) is 0 Å². The first-order valence-corrected chi connectivity index (χ1v) is 16.1. The van der Waals surface area contributed by atoms with Crippen LogP contribution in [-0.2, 0) is 4.79 Å². The van der Waals surface area contributed by atoms with Crippen LogP contribution in [-0.4, -0.2) is 47.0 Å². The van der Waals surface area contributed by atoms with Crippen LogP contribution < -0.4 is 15.4 Å². The minimum absolute atomic E-state index is 0.0191. The summed E-state index contributed by atoms with van der Waals surface area (Å²) in [5.74, 6) is 2.85. The first-order chi connectivity index (χ1) is 20.9. The van der Waals surface area contributed by atoms with Gasteiger partial charge in [0, 0.05) is 42.9 Å². The number of anilines is 3. The Bertz CT molecular complexity index is 1520. The number of carbonyl (C=O) groups is 1. The summed E-state index contributed by atoms with van der Waals surface area (Å²) in [6, 6.07) is 8.12. The third kappa shape index (κ3) is 6.50. The van der Waals surface area contributed by atoms with E-state index >= 15 is 0 Å². The Morgan fingerprint density at radius 2 is 1.93 bits per heavy atom. The Morgan fingerprint density at radius 3 is 2.72 bits per heavy atom. The first kappa shape index (κ1) is 28.5. The zero-order valence-corrected chi connectivity index (χ0v) is 25.2. The Labute approximate surface area is 257 Å². The van der Waals surface area contributed by atoms with Crippen molar-refractivity contribution in [3.8, 4) is 5.75 Å². The van der Waals surface area contributed by atoms with Gasteiger partial charge in [-0.2, -0.15) is 0 Å². The standard InChI is InChI=1S/C34H39ClFN5O2/c35-27-14-25(6-7-28(27)36)39-33-26-15-30(40-32(42)5-4-11-41-19-23-13-24(23)20-41)31(16-29(26)37-21-38-33)43-12-8-22-17-34(18-22)9-2-1-3-10-34/h4-7,14-16,21-24H,1-3,8-13,17-20H2,(H,40,42)(H,37,38,39). The second kappa shape index (κ2) is 12.0. The van der Waals surface area contributed by atoms with E-state index in [-0.39, 0.29) is 10.9 Å². The molecule has 2 aromatic carbocycles. The van der Waals surface area contributed by atoms with E-state index in [4.69, 9.17) is 16.3 Å². The fourth-order valence-electron chi connectivity index (χ4n) is 7.65. The van der Waals surface area contributed by atoms with Crippen molar-refractivity contribution in [3.05, 3.63) is 59.7 Å². The minimum atomic E-state index is -0.489. The van der Waals surface area contributed by atoms with Crippen LogP contribution in [0.15, 0.2) is 48.8 Å². The van der Waals surface area contributed by atoms with Crippen molar-refractivity contribution in [2.75, 3.05) is 36.9 Å². The van der Waals surface area contributed by atoms with Crippen molar-refractivity contribution in [3.63, 3.8) is 0 Å². The number of hydrogen-bond acceptors (Lipinski definition) is 6. The van der Waals surface area contributed by atoms with Gasteiger partial charge in [-0.15, -0.1) is 0 Å². The Morgan fingerprint density at radius 1 is 1.12 bits per heavy atom. The zero-order chi connectivity index (χ0) is 29.4. The molecular formula is C34H39ClFN5O2. The van der Waals surface area contributed by atoms with E-state index in [9.17, 15) is 9.18 Å². The molecule has 7 nitrogen and oxygen atoms in total. The van der Waals surface area contributed by atoms with Gasteiger partial charge >= 0.3 is 0 Å². The molecule has 7 rings (SSSR count). The molecule has 1 aromatic heterocycles. The van der Waals surface area contributed by atoms with E-state index in [2.05, 4.69) is 25.5 Å². The Kier molecular flexibility index (Phi) is 7.99. The largest absolute Gasteiger partial charge is 0.491 e. The van der Waals surface area contributed by atoms with Gasteiger partial charge in [-0.05, 0) is 86.0 Å². The van der Waals surface area contributed by atoms with Crippen molar-refractivity contribution in [1.29, 1.82) is 0 Å². The van der Waals surface area contributed by atoms with Gasteiger partial charge < -0.3 is 15.4 Å². The molecule has 2 atom stereocenters. The zero-order valence-electron chi connectivity index (χ0n) is 24.5. The van der Waals surface area contributed by atoms with Crippen molar-refractivity contribution >= 4 is 45.6 Å². The van der Waals surface area contributed by atoms with Gasteiger partial charge in [0.1, 0.15) is 23.7 Å². The summed E-state index contributed by atoms with van der Waals surface area (Å²) in [4.78, 5) is 24.3. The second-order valence-electron chi connectivity index (χ2n) is 13.2. The smallest absolute Gasteiger partial charge is 0.248 e. The molecule has 3 aliphatic carbocycles. The monoisotopic (exact) mass is 603 g/mol. The fraction of sp³-hybridized carbons (Fsp3) is 0.500. The molecule has 3 aromatic rings. The van der Waals surface area contributed by atoms with Crippen LogP contribution in [0, 0.1) is 29.0 Å². The van der Waals surface area contributed by atoms with Gasteiger partial charge in [0.2, 0.25) is 5.91 Å². The van der Waals surface area contributed by atoms with Crippen LogP contribution >= 0.6 is 11.6 Å². The van der Waals surface area contributed by atoms with Gasteiger partial charge in [0.05, 0.1) is 22.8 Å². The van der Waals surface area contributed by atoms with Gasteiger partial charge in [-0.3, -0.25) is 9.69 Å². The maximum absolute atomic E-state index is 13.7. The van der Waals surface area contributed by atoms with Crippen molar-refractivity contribution in [1.82, 2.24) is 14.9 Å². The summed E-state index contributed by atoms with van der Waals surface area (Å²) in [5.41, 5.74) is 2.43. The Hall–Kier alpha value is -3.23. The van der Waals surface area contributed by atoms with E-state index in [0.29, 0.717) is 51.8 Å². The lowest BCUT2D eigenvalue weighted by Gasteiger charge is -2.50. The maximum Gasteiger partial charge on any atom is 0.248 e. The van der Waals surface area contributed by atoms with Gasteiger partial charge in [0.25, 0.3) is 0 Å². The number of rotatable bonds is 10. The van der Waals surface area contributed by atoms with Crippen LogP contribution in [0.4, 0.5) is 21.6 Å². The Balaban J connectivity index is 1.07. The summed E-state index contributed by atoms with van der Waals surface area (Å²) in [7, 11) is 0. The number of nitrogens with one attached hydrogen (secondary N) is 2. The second-order valence-corrected chi connectivity index (χ2v) is 13.6.